The Hall–Kier alpha value is -2.02. The molecule has 0 heterocycles. The van der Waals surface area contributed by atoms with Crippen LogP contribution < -0.4 is 10.1 Å². The third-order valence-electron chi connectivity index (χ3n) is 2.88. The highest BCUT2D eigenvalue weighted by atomic mass is 16.5. The van der Waals surface area contributed by atoms with Crippen molar-refractivity contribution in [1.29, 1.82) is 5.26 Å². The Kier molecular flexibility index (Phi) is 3.24. The van der Waals surface area contributed by atoms with Crippen molar-refractivity contribution in [1.82, 2.24) is 0 Å². The van der Waals surface area contributed by atoms with Crippen LogP contribution in [-0.4, -0.2) is 12.0 Å². The van der Waals surface area contributed by atoms with Gasteiger partial charge in [0.1, 0.15) is 11.2 Å². The largest absolute Gasteiger partial charge is 0.491 e. The smallest absolute Gasteiger partial charge is 0.244 e. The number of anilines is 1. The van der Waals surface area contributed by atoms with E-state index in [1.807, 2.05) is 26.0 Å². The molecule has 1 amide bonds. The second kappa shape index (κ2) is 4.69. The van der Waals surface area contributed by atoms with Crippen LogP contribution in [0, 0.1) is 16.7 Å². The summed E-state index contributed by atoms with van der Waals surface area (Å²) in [5.41, 5.74) is -0.0924. The van der Waals surface area contributed by atoms with Gasteiger partial charge in [-0.1, -0.05) is 0 Å². The zero-order valence-corrected chi connectivity index (χ0v) is 10.6. The van der Waals surface area contributed by atoms with Crippen molar-refractivity contribution in [2.24, 2.45) is 5.41 Å². The van der Waals surface area contributed by atoms with Crippen LogP contribution in [0.2, 0.25) is 0 Å². The number of ether oxygens (including phenoxy) is 1. The lowest BCUT2D eigenvalue weighted by Gasteiger charge is -2.11. The van der Waals surface area contributed by atoms with Crippen LogP contribution >= 0.6 is 0 Å². The third-order valence-corrected chi connectivity index (χ3v) is 2.88. The van der Waals surface area contributed by atoms with Crippen molar-refractivity contribution in [3.8, 4) is 11.8 Å². The van der Waals surface area contributed by atoms with Crippen molar-refractivity contribution in [3.63, 3.8) is 0 Å². The van der Waals surface area contributed by atoms with E-state index >= 15 is 0 Å². The summed E-state index contributed by atoms with van der Waals surface area (Å²) in [6.45, 7) is 3.92. The van der Waals surface area contributed by atoms with Crippen LogP contribution in [0.3, 0.4) is 0 Å². The Bertz CT molecular complexity index is 482. The molecule has 4 heteroatoms. The van der Waals surface area contributed by atoms with Crippen LogP contribution in [0.5, 0.6) is 5.75 Å². The van der Waals surface area contributed by atoms with E-state index in [0.717, 1.165) is 5.75 Å². The highest BCUT2D eigenvalue weighted by Gasteiger charge is 2.50. The Labute approximate surface area is 107 Å². The molecule has 94 valence electrons. The molecule has 0 aliphatic heterocycles. The molecule has 1 fully saturated rings. The topological polar surface area (TPSA) is 62.1 Å². The molecule has 0 bridgehead atoms. The Morgan fingerprint density at radius 3 is 2.44 bits per heavy atom. The first-order valence-corrected chi connectivity index (χ1v) is 6.05. The minimum absolute atomic E-state index is 0.124. The van der Waals surface area contributed by atoms with Crippen molar-refractivity contribution >= 4 is 11.6 Å². The Morgan fingerprint density at radius 2 is 2.00 bits per heavy atom. The minimum atomic E-state index is -0.785. The fourth-order valence-electron chi connectivity index (χ4n) is 1.65. The van der Waals surface area contributed by atoms with Gasteiger partial charge in [-0.2, -0.15) is 5.26 Å². The molecule has 1 N–H and O–H groups in total. The zero-order chi connectivity index (χ0) is 13.2. The number of nitrogens with one attached hydrogen (secondary N) is 1. The number of hydrogen-bond acceptors (Lipinski definition) is 3. The number of rotatable bonds is 4. The van der Waals surface area contributed by atoms with Crippen molar-refractivity contribution < 1.29 is 9.53 Å². The molecule has 0 aromatic heterocycles. The molecule has 4 nitrogen and oxygen atoms in total. The molecule has 18 heavy (non-hydrogen) atoms. The first-order valence-electron chi connectivity index (χ1n) is 6.05. The number of nitriles is 1. The van der Waals surface area contributed by atoms with E-state index < -0.39 is 5.41 Å². The van der Waals surface area contributed by atoms with Gasteiger partial charge in [0.15, 0.2) is 0 Å². The summed E-state index contributed by atoms with van der Waals surface area (Å²) in [6, 6.07) is 9.25. The van der Waals surface area contributed by atoms with Gasteiger partial charge in [-0.3, -0.25) is 4.79 Å². The van der Waals surface area contributed by atoms with Crippen LogP contribution in [0.25, 0.3) is 0 Å². The fraction of sp³-hybridized carbons (Fsp3) is 0.429. The van der Waals surface area contributed by atoms with Gasteiger partial charge < -0.3 is 10.1 Å². The van der Waals surface area contributed by atoms with Gasteiger partial charge in [0.2, 0.25) is 5.91 Å². The van der Waals surface area contributed by atoms with E-state index in [4.69, 9.17) is 10.00 Å². The molecule has 1 aliphatic carbocycles. The summed E-state index contributed by atoms with van der Waals surface area (Å²) in [5.74, 6) is 0.562. The number of nitrogens with zero attached hydrogens (tertiary/aromatic N) is 1. The second-order valence-corrected chi connectivity index (χ2v) is 4.84. The average molecular weight is 244 g/mol. The number of carbonyl (C=O) groups is 1. The maximum Gasteiger partial charge on any atom is 0.244 e. The van der Waals surface area contributed by atoms with Gasteiger partial charge in [0.25, 0.3) is 0 Å². The van der Waals surface area contributed by atoms with Gasteiger partial charge in [0.05, 0.1) is 12.2 Å². The van der Waals surface area contributed by atoms with E-state index in [1.165, 1.54) is 0 Å². The van der Waals surface area contributed by atoms with E-state index in [0.29, 0.717) is 18.5 Å². The predicted octanol–water partition coefficient (Wildman–Crippen LogP) is 2.72. The standard InChI is InChI=1S/C14H16N2O2/c1-10(2)18-12-5-3-11(4-6-12)16-13(17)14(9-15)7-8-14/h3-6,10H,7-8H2,1-2H3,(H,16,17). The minimum Gasteiger partial charge on any atom is -0.491 e. The SMILES string of the molecule is CC(C)Oc1ccc(NC(=O)C2(C#N)CC2)cc1. The second-order valence-electron chi connectivity index (χ2n) is 4.84. The monoisotopic (exact) mass is 244 g/mol. The molecule has 0 saturated heterocycles. The van der Waals surface area contributed by atoms with Crippen LogP contribution in [0.4, 0.5) is 5.69 Å². The number of benzene rings is 1. The molecule has 1 aliphatic rings. The normalized spacial score (nSPS) is 15.9. The average Bonchev–Trinajstić information content (AvgIpc) is 3.12. The molecule has 1 aromatic rings. The highest BCUT2D eigenvalue weighted by Crippen LogP contribution is 2.45. The maximum absolute atomic E-state index is 11.8. The van der Waals surface area contributed by atoms with Crippen LogP contribution in [-0.2, 0) is 4.79 Å². The molecule has 0 atom stereocenters. The molecule has 1 saturated carbocycles. The van der Waals surface area contributed by atoms with Crippen molar-refractivity contribution in [2.45, 2.75) is 32.8 Å². The van der Waals surface area contributed by atoms with E-state index in [9.17, 15) is 4.79 Å². The lowest BCUT2D eigenvalue weighted by atomic mass is 10.1. The molecule has 0 radical (unpaired) electrons. The number of hydrogen-bond donors (Lipinski definition) is 1. The van der Waals surface area contributed by atoms with E-state index in [-0.39, 0.29) is 12.0 Å². The number of amides is 1. The molecular formula is C14H16N2O2. The summed E-state index contributed by atoms with van der Waals surface area (Å²) in [4.78, 5) is 11.8. The molecule has 0 unspecified atom stereocenters. The van der Waals surface area contributed by atoms with Crippen LogP contribution in [0.1, 0.15) is 26.7 Å². The summed E-state index contributed by atoms with van der Waals surface area (Å²) in [7, 11) is 0. The van der Waals surface area contributed by atoms with Crippen molar-refractivity contribution in [3.05, 3.63) is 24.3 Å². The molecule has 1 aromatic carbocycles. The molecule has 2 rings (SSSR count). The van der Waals surface area contributed by atoms with Gasteiger partial charge in [-0.15, -0.1) is 0 Å². The quantitative estimate of drug-likeness (QED) is 0.885. The van der Waals surface area contributed by atoms with Crippen LogP contribution in [0.15, 0.2) is 24.3 Å². The van der Waals surface area contributed by atoms with Gasteiger partial charge in [0, 0.05) is 5.69 Å². The summed E-state index contributed by atoms with van der Waals surface area (Å²) >= 11 is 0. The van der Waals surface area contributed by atoms with E-state index in [1.54, 1.807) is 12.1 Å². The van der Waals surface area contributed by atoms with Gasteiger partial charge in [-0.25, -0.2) is 0 Å². The zero-order valence-electron chi connectivity index (χ0n) is 10.6. The first kappa shape index (κ1) is 12.4. The van der Waals surface area contributed by atoms with Gasteiger partial charge in [-0.05, 0) is 51.0 Å². The fourth-order valence-corrected chi connectivity index (χ4v) is 1.65. The van der Waals surface area contributed by atoms with E-state index in [2.05, 4.69) is 11.4 Å². The molecular weight excluding hydrogens is 228 g/mol. The third kappa shape index (κ3) is 2.62. The Balaban J connectivity index is 1.99. The molecule has 0 spiro atoms. The summed E-state index contributed by atoms with van der Waals surface area (Å²) in [5, 5.41) is 11.7. The first-order chi connectivity index (χ1) is 8.55. The lowest BCUT2D eigenvalue weighted by molar-refractivity contribution is -0.119. The van der Waals surface area contributed by atoms with Gasteiger partial charge >= 0.3 is 0 Å². The summed E-state index contributed by atoms with van der Waals surface area (Å²) in [6.07, 6.45) is 1.44. The maximum atomic E-state index is 11.8. The predicted molar refractivity (Wildman–Crippen MR) is 68.1 cm³/mol. The highest BCUT2D eigenvalue weighted by molar-refractivity contribution is 5.99. The number of carbonyl (C=O) groups excluding carboxylic acids is 1. The summed E-state index contributed by atoms with van der Waals surface area (Å²) < 4.78 is 5.51. The Morgan fingerprint density at radius 1 is 1.39 bits per heavy atom. The lowest BCUT2D eigenvalue weighted by Crippen LogP contribution is -2.22. The van der Waals surface area contributed by atoms with Crippen molar-refractivity contribution in [2.75, 3.05) is 5.32 Å².